The van der Waals surface area contributed by atoms with E-state index in [-0.39, 0.29) is 12.0 Å². The second kappa shape index (κ2) is 14.1. The first kappa shape index (κ1) is 29.3. The number of carbonyl (C=O) groups is 3. The van der Waals surface area contributed by atoms with Crippen molar-refractivity contribution in [1.82, 2.24) is 25.5 Å². The molecule has 1 aromatic heterocycles. The van der Waals surface area contributed by atoms with Crippen LogP contribution in [0.2, 0.25) is 0 Å². The van der Waals surface area contributed by atoms with Crippen molar-refractivity contribution in [3.63, 3.8) is 0 Å². The first-order valence-corrected chi connectivity index (χ1v) is 13.8. The fourth-order valence-corrected chi connectivity index (χ4v) is 4.42. The van der Waals surface area contributed by atoms with Crippen LogP contribution in [0.25, 0.3) is 11.8 Å². The molecule has 41 heavy (non-hydrogen) atoms. The van der Waals surface area contributed by atoms with Crippen LogP contribution in [0.3, 0.4) is 0 Å². The Morgan fingerprint density at radius 3 is 2.37 bits per heavy atom. The minimum Gasteiger partial charge on any atom is -0.453 e. The molecule has 0 radical (unpaired) electrons. The van der Waals surface area contributed by atoms with Gasteiger partial charge in [0.05, 0.1) is 12.8 Å². The van der Waals surface area contributed by atoms with Crippen LogP contribution in [0, 0.1) is 5.82 Å². The summed E-state index contributed by atoms with van der Waals surface area (Å²) < 4.78 is 21.5. The van der Waals surface area contributed by atoms with E-state index >= 15 is 4.39 Å². The Labute approximate surface area is 248 Å². The highest BCUT2D eigenvalue weighted by atomic mass is 127. The minimum absolute atomic E-state index is 0.131. The molecule has 4 aromatic rings. The van der Waals surface area contributed by atoms with E-state index in [1.165, 1.54) is 30.3 Å². The number of hydrogen-bond acceptors (Lipinski definition) is 7. The van der Waals surface area contributed by atoms with Gasteiger partial charge < -0.3 is 15.4 Å². The molecule has 0 bridgehead atoms. The van der Waals surface area contributed by atoms with E-state index in [9.17, 15) is 14.4 Å². The molecule has 1 heterocycles. The first-order valence-electron chi connectivity index (χ1n) is 12.3. The van der Waals surface area contributed by atoms with Crippen LogP contribution in [0.4, 0.5) is 20.6 Å². The number of ether oxygens (including phenoxy) is 1. The van der Waals surface area contributed by atoms with Crippen molar-refractivity contribution < 1.29 is 23.5 Å². The van der Waals surface area contributed by atoms with Gasteiger partial charge in [-0.25, -0.2) is 9.18 Å². The monoisotopic (exact) mass is 669 g/mol. The van der Waals surface area contributed by atoms with Crippen molar-refractivity contribution in [1.29, 1.82) is 0 Å². The summed E-state index contributed by atoms with van der Waals surface area (Å²) in [7, 11) is 1.26. The lowest BCUT2D eigenvalue weighted by Gasteiger charge is -2.18. The minimum atomic E-state index is -0.952. The second-order valence-electron chi connectivity index (χ2n) is 8.63. The summed E-state index contributed by atoms with van der Waals surface area (Å²) in [4.78, 5) is 37.7. The highest BCUT2D eigenvalue weighted by molar-refractivity contribution is 14.1. The Hall–Kier alpha value is -4.66. The van der Waals surface area contributed by atoms with E-state index < -0.39 is 29.8 Å². The number of aromatic nitrogens is 4. The molecule has 0 unspecified atom stereocenters. The third-order valence-electron chi connectivity index (χ3n) is 5.88. The Morgan fingerprint density at radius 2 is 1.73 bits per heavy atom. The normalized spacial score (nSPS) is 11.6. The average molecular weight is 669 g/mol. The molecular formula is C28H25FIN7O4. The zero-order valence-corrected chi connectivity index (χ0v) is 23.9. The molecule has 0 spiro atoms. The molecule has 3 amide bonds. The number of tetrazole rings is 1. The molecule has 1 atom stereocenters. The van der Waals surface area contributed by atoms with Gasteiger partial charge in [0.2, 0.25) is 11.8 Å². The molecule has 3 aromatic carbocycles. The second-order valence-corrected chi connectivity index (χ2v) is 9.39. The van der Waals surface area contributed by atoms with Gasteiger partial charge in [-0.3, -0.25) is 14.9 Å². The lowest BCUT2D eigenvalue weighted by molar-refractivity contribution is -0.123. The van der Waals surface area contributed by atoms with Gasteiger partial charge in [-0.1, -0.05) is 59.0 Å². The van der Waals surface area contributed by atoms with E-state index in [0.717, 1.165) is 5.56 Å². The largest absolute Gasteiger partial charge is 0.453 e. The summed E-state index contributed by atoms with van der Waals surface area (Å²) in [5.74, 6) is -1.56. The van der Waals surface area contributed by atoms with Crippen molar-refractivity contribution in [3.05, 3.63) is 102 Å². The molecule has 0 saturated heterocycles. The van der Waals surface area contributed by atoms with E-state index in [1.54, 1.807) is 36.4 Å². The van der Waals surface area contributed by atoms with Crippen molar-refractivity contribution in [3.8, 4) is 5.69 Å². The number of carbonyl (C=O) groups excluding carboxylic acids is 3. The molecule has 0 aliphatic rings. The van der Waals surface area contributed by atoms with Gasteiger partial charge in [0.15, 0.2) is 0 Å². The zero-order valence-electron chi connectivity index (χ0n) is 21.8. The summed E-state index contributed by atoms with van der Waals surface area (Å²) >= 11 is 2.05. The molecule has 3 N–H and O–H groups in total. The number of nitrogens with zero attached hydrogens (tertiary/aromatic N) is 4. The number of methoxy groups -OCH3 is 1. The number of anilines is 2. The summed E-state index contributed by atoms with van der Waals surface area (Å²) in [5, 5.41) is 19.0. The van der Waals surface area contributed by atoms with Gasteiger partial charge in [-0.15, -0.1) is 5.10 Å². The molecule has 0 saturated carbocycles. The maximum Gasteiger partial charge on any atom is 0.411 e. The van der Waals surface area contributed by atoms with Crippen LogP contribution in [-0.2, 0) is 25.2 Å². The molecule has 0 aliphatic heterocycles. The SMILES string of the molecule is COC(=O)Nc1ccc(NC(=O)[C@H](Cc2ccccc2)NC(=O)/C=C/c2c(-n3cnnn3)ccc(CI)c2F)cc1. The maximum atomic E-state index is 15.3. The fraction of sp³-hybridized carbons (Fsp3) is 0.143. The summed E-state index contributed by atoms with van der Waals surface area (Å²) in [6.07, 6.45) is 3.42. The number of rotatable bonds is 10. The molecule has 4 rings (SSSR count). The summed E-state index contributed by atoms with van der Waals surface area (Å²) in [6, 6.07) is 18.0. The smallest absolute Gasteiger partial charge is 0.411 e. The van der Waals surface area contributed by atoms with Gasteiger partial charge in [-0.05, 0) is 58.0 Å². The fourth-order valence-electron chi connectivity index (χ4n) is 3.83. The van der Waals surface area contributed by atoms with Crippen LogP contribution in [0.5, 0.6) is 0 Å². The quantitative estimate of drug-likeness (QED) is 0.130. The van der Waals surface area contributed by atoms with E-state index in [0.29, 0.717) is 27.1 Å². The first-order chi connectivity index (χ1) is 19.9. The Morgan fingerprint density at radius 1 is 1.02 bits per heavy atom. The molecular weight excluding hydrogens is 644 g/mol. The van der Waals surface area contributed by atoms with Gasteiger partial charge in [0.25, 0.3) is 0 Å². The standard InChI is InChI=1S/C28H25FIN7O4/c1-41-28(40)33-21-10-8-20(9-11-21)32-27(39)23(15-18-5-3-2-4-6-18)34-25(38)14-12-22-24(37-17-31-35-36-37)13-7-19(16-30)26(22)29/h2-14,17,23H,15-16H2,1H3,(H,32,39)(H,33,40)(H,34,38)/b14-12+/t23-/m0/s1. The molecule has 13 heteroatoms. The van der Waals surface area contributed by atoms with Crippen LogP contribution >= 0.6 is 22.6 Å². The topological polar surface area (TPSA) is 140 Å². The third-order valence-corrected chi connectivity index (χ3v) is 6.70. The van der Waals surface area contributed by atoms with E-state index in [1.807, 2.05) is 30.3 Å². The number of amides is 3. The third kappa shape index (κ3) is 7.94. The highest BCUT2D eigenvalue weighted by Crippen LogP contribution is 2.24. The number of nitrogens with one attached hydrogen (secondary N) is 3. The number of halogens is 2. The van der Waals surface area contributed by atoms with Gasteiger partial charge in [0.1, 0.15) is 18.2 Å². The predicted octanol–water partition coefficient (Wildman–Crippen LogP) is 4.29. The molecule has 0 aliphatic carbocycles. The molecule has 0 fully saturated rings. The maximum absolute atomic E-state index is 15.3. The predicted molar refractivity (Wildman–Crippen MR) is 159 cm³/mol. The van der Waals surface area contributed by atoms with Crippen LogP contribution < -0.4 is 16.0 Å². The van der Waals surface area contributed by atoms with Gasteiger partial charge in [0, 0.05) is 33.9 Å². The number of hydrogen-bond donors (Lipinski definition) is 3. The molecule has 11 nitrogen and oxygen atoms in total. The Bertz CT molecular complexity index is 1530. The van der Waals surface area contributed by atoms with Crippen molar-refractivity contribution in [2.45, 2.75) is 16.9 Å². The highest BCUT2D eigenvalue weighted by Gasteiger charge is 2.21. The zero-order chi connectivity index (χ0) is 29.2. The number of benzene rings is 3. The van der Waals surface area contributed by atoms with Crippen LogP contribution in [0.1, 0.15) is 16.7 Å². The summed E-state index contributed by atoms with van der Waals surface area (Å²) in [6.45, 7) is 0. The van der Waals surface area contributed by atoms with Crippen molar-refractivity contribution in [2.75, 3.05) is 17.7 Å². The van der Waals surface area contributed by atoms with Gasteiger partial charge in [-0.2, -0.15) is 4.68 Å². The van der Waals surface area contributed by atoms with Crippen LogP contribution in [-0.4, -0.2) is 51.3 Å². The summed E-state index contributed by atoms with van der Waals surface area (Å²) in [5.41, 5.74) is 2.71. The van der Waals surface area contributed by atoms with E-state index in [4.69, 9.17) is 0 Å². The van der Waals surface area contributed by atoms with Crippen molar-refractivity contribution >= 4 is 57.9 Å². The Balaban J connectivity index is 1.53. The van der Waals surface area contributed by atoms with Crippen LogP contribution in [0.15, 0.2) is 79.1 Å². The number of alkyl halides is 1. The van der Waals surface area contributed by atoms with E-state index in [2.05, 4.69) is 58.8 Å². The lowest BCUT2D eigenvalue weighted by atomic mass is 10.0. The average Bonchev–Trinajstić information content (AvgIpc) is 3.52. The lowest BCUT2D eigenvalue weighted by Crippen LogP contribution is -2.44. The van der Waals surface area contributed by atoms with Crippen molar-refractivity contribution in [2.24, 2.45) is 0 Å². The van der Waals surface area contributed by atoms with Gasteiger partial charge >= 0.3 is 6.09 Å². The Kier molecular flexibility index (Phi) is 10.1. The molecule has 210 valence electrons.